The van der Waals surface area contributed by atoms with E-state index in [4.69, 9.17) is 9.63 Å². The number of benzene rings is 1. The van der Waals surface area contributed by atoms with Gasteiger partial charge in [0.1, 0.15) is 5.92 Å². The number of rotatable bonds is 4. The number of carbonyl (C=O) groups excluding carboxylic acids is 1. The lowest BCUT2D eigenvalue weighted by atomic mass is 10.1. The van der Waals surface area contributed by atoms with Crippen LogP contribution in [0.1, 0.15) is 12.7 Å². The molecule has 0 spiro atoms. The van der Waals surface area contributed by atoms with Crippen LogP contribution in [0.4, 0.5) is 5.69 Å². The summed E-state index contributed by atoms with van der Waals surface area (Å²) in [4.78, 5) is 26.7. The lowest BCUT2D eigenvalue weighted by Crippen LogP contribution is -2.27. The fraction of sp³-hybridized carbons (Fsp3) is 0.231. The van der Waals surface area contributed by atoms with Crippen molar-refractivity contribution in [3.05, 3.63) is 30.1 Å². The second-order valence-corrected chi connectivity index (χ2v) is 4.24. The molecule has 2 rings (SSSR count). The van der Waals surface area contributed by atoms with E-state index in [0.717, 1.165) is 0 Å². The normalized spacial score (nSPS) is 11.9. The molecule has 0 aliphatic rings. The number of aliphatic carboxylic acids is 1. The Hall–Kier alpha value is -2.70. The van der Waals surface area contributed by atoms with Crippen LogP contribution in [0.25, 0.3) is 11.5 Å². The van der Waals surface area contributed by atoms with Crippen LogP contribution in [0.15, 0.2) is 28.8 Å². The van der Waals surface area contributed by atoms with Crippen molar-refractivity contribution in [2.75, 3.05) is 5.32 Å². The Morgan fingerprint density at radius 1 is 1.35 bits per heavy atom. The summed E-state index contributed by atoms with van der Waals surface area (Å²) in [6, 6.07) is 6.81. The van der Waals surface area contributed by atoms with Gasteiger partial charge in [0.15, 0.2) is 5.82 Å². The number of aromatic nitrogens is 2. The van der Waals surface area contributed by atoms with Crippen molar-refractivity contribution < 1.29 is 19.2 Å². The van der Waals surface area contributed by atoms with E-state index in [2.05, 4.69) is 15.5 Å². The third kappa shape index (κ3) is 2.82. The highest BCUT2D eigenvalue weighted by Crippen LogP contribution is 2.26. The molecular weight excluding hydrogens is 262 g/mol. The van der Waals surface area contributed by atoms with Gasteiger partial charge in [0.05, 0.1) is 11.3 Å². The molecule has 2 N–H and O–H groups in total. The molecule has 0 bridgehead atoms. The highest BCUT2D eigenvalue weighted by Gasteiger charge is 2.22. The highest BCUT2D eigenvalue weighted by molar-refractivity contribution is 6.05. The monoisotopic (exact) mass is 275 g/mol. The molecule has 2 aromatic rings. The molecule has 0 aliphatic heterocycles. The Balaban J connectivity index is 2.29. The number of anilines is 1. The molecule has 1 aromatic heterocycles. The Morgan fingerprint density at radius 2 is 2.05 bits per heavy atom. The van der Waals surface area contributed by atoms with Gasteiger partial charge in [-0.25, -0.2) is 0 Å². The van der Waals surface area contributed by atoms with Gasteiger partial charge >= 0.3 is 5.97 Å². The van der Waals surface area contributed by atoms with Crippen LogP contribution in [0, 0.1) is 12.8 Å². The standard InChI is InChI=1S/C13H13N3O4/c1-7(13(18)19)11(17)15-10-6-4-3-5-9(10)12-14-8(2)16-20-12/h3-7H,1-2H3,(H,15,17)(H,18,19). The number of amides is 1. The summed E-state index contributed by atoms with van der Waals surface area (Å²) < 4.78 is 5.05. The van der Waals surface area contributed by atoms with Gasteiger partial charge in [-0.1, -0.05) is 17.3 Å². The third-order valence-electron chi connectivity index (χ3n) is 2.71. The first-order valence-electron chi connectivity index (χ1n) is 5.92. The summed E-state index contributed by atoms with van der Waals surface area (Å²) in [5.74, 6) is -2.20. The van der Waals surface area contributed by atoms with Crippen molar-refractivity contribution >= 4 is 17.6 Å². The smallest absolute Gasteiger partial charge is 0.315 e. The van der Waals surface area contributed by atoms with Gasteiger partial charge in [-0.15, -0.1) is 0 Å². The van der Waals surface area contributed by atoms with Crippen LogP contribution < -0.4 is 5.32 Å². The number of aryl methyl sites for hydroxylation is 1. The zero-order valence-corrected chi connectivity index (χ0v) is 11.0. The number of para-hydroxylation sites is 1. The first-order chi connectivity index (χ1) is 9.49. The molecule has 104 valence electrons. The van der Waals surface area contributed by atoms with Crippen molar-refractivity contribution in [1.29, 1.82) is 0 Å². The van der Waals surface area contributed by atoms with E-state index in [1.165, 1.54) is 6.92 Å². The molecule has 1 unspecified atom stereocenters. The van der Waals surface area contributed by atoms with Crippen molar-refractivity contribution in [3.8, 4) is 11.5 Å². The summed E-state index contributed by atoms with van der Waals surface area (Å²) in [6.45, 7) is 3.00. The number of carbonyl (C=O) groups is 2. The topological polar surface area (TPSA) is 105 Å². The lowest BCUT2D eigenvalue weighted by molar-refractivity contribution is -0.144. The maximum absolute atomic E-state index is 11.8. The van der Waals surface area contributed by atoms with Gasteiger partial charge in [-0.05, 0) is 26.0 Å². The summed E-state index contributed by atoms with van der Waals surface area (Å²) in [7, 11) is 0. The van der Waals surface area contributed by atoms with E-state index in [0.29, 0.717) is 17.1 Å². The minimum atomic E-state index is -1.19. The Bertz CT molecular complexity index is 651. The van der Waals surface area contributed by atoms with Crippen LogP contribution >= 0.6 is 0 Å². The number of nitrogens with zero attached hydrogens (tertiary/aromatic N) is 2. The molecule has 1 atom stereocenters. The van der Waals surface area contributed by atoms with Gasteiger partial charge in [0, 0.05) is 0 Å². The first-order valence-corrected chi connectivity index (χ1v) is 5.92. The zero-order chi connectivity index (χ0) is 14.7. The Labute approximate surface area is 114 Å². The van der Waals surface area contributed by atoms with Crippen LogP contribution in [0.5, 0.6) is 0 Å². The van der Waals surface area contributed by atoms with Crippen LogP contribution in [0.2, 0.25) is 0 Å². The fourth-order valence-corrected chi connectivity index (χ4v) is 1.54. The predicted molar refractivity (Wildman–Crippen MR) is 69.9 cm³/mol. The SMILES string of the molecule is Cc1noc(-c2ccccc2NC(=O)C(C)C(=O)O)n1. The quantitative estimate of drug-likeness (QED) is 0.823. The van der Waals surface area contributed by atoms with Gasteiger partial charge in [0.25, 0.3) is 5.89 Å². The van der Waals surface area contributed by atoms with Crippen LogP contribution in [0.3, 0.4) is 0 Å². The molecule has 1 amide bonds. The molecule has 7 nitrogen and oxygen atoms in total. The maximum atomic E-state index is 11.8. The number of hydrogen-bond acceptors (Lipinski definition) is 5. The van der Waals surface area contributed by atoms with Crippen molar-refractivity contribution in [2.24, 2.45) is 5.92 Å². The molecular formula is C13H13N3O4. The minimum Gasteiger partial charge on any atom is -0.481 e. The van der Waals surface area contributed by atoms with Crippen molar-refractivity contribution in [2.45, 2.75) is 13.8 Å². The molecule has 20 heavy (non-hydrogen) atoms. The fourth-order valence-electron chi connectivity index (χ4n) is 1.54. The third-order valence-corrected chi connectivity index (χ3v) is 2.71. The van der Waals surface area contributed by atoms with Crippen LogP contribution in [-0.2, 0) is 9.59 Å². The first kappa shape index (κ1) is 13.7. The largest absolute Gasteiger partial charge is 0.481 e. The lowest BCUT2D eigenvalue weighted by Gasteiger charge is -2.10. The van der Waals surface area contributed by atoms with E-state index in [1.54, 1.807) is 31.2 Å². The van der Waals surface area contributed by atoms with Gasteiger partial charge in [-0.2, -0.15) is 4.98 Å². The number of hydrogen-bond donors (Lipinski definition) is 2. The molecule has 0 saturated heterocycles. The second-order valence-electron chi connectivity index (χ2n) is 4.24. The second kappa shape index (κ2) is 5.52. The van der Waals surface area contributed by atoms with E-state index in [-0.39, 0.29) is 5.89 Å². The molecule has 0 radical (unpaired) electrons. The van der Waals surface area contributed by atoms with E-state index in [1.807, 2.05) is 0 Å². The van der Waals surface area contributed by atoms with Gasteiger partial charge in [-0.3, -0.25) is 9.59 Å². The van der Waals surface area contributed by atoms with E-state index < -0.39 is 17.8 Å². The molecule has 0 aliphatic carbocycles. The maximum Gasteiger partial charge on any atom is 0.315 e. The van der Waals surface area contributed by atoms with Gasteiger partial charge < -0.3 is 14.9 Å². The van der Waals surface area contributed by atoms with Crippen LogP contribution in [-0.4, -0.2) is 27.1 Å². The number of carboxylic acids is 1. The van der Waals surface area contributed by atoms with E-state index in [9.17, 15) is 9.59 Å². The summed E-state index contributed by atoms with van der Waals surface area (Å²) >= 11 is 0. The average Bonchev–Trinajstić information content (AvgIpc) is 2.84. The number of carboxylic acid groups (broad SMARTS) is 1. The summed E-state index contributed by atoms with van der Waals surface area (Å²) in [6.07, 6.45) is 0. The average molecular weight is 275 g/mol. The highest BCUT2D eigenvalue weighted by atomic mass is 16.5. The molecule has 1 heterocycles. The Morgan fingerprint density at radius 3 is 2.65 bits per heavy atom. The van der Waals surface area contributed by atoms with Gasteiger partial charge in [0.2, 0.25) is 5.91 Å². The van der Waals surface area contributed by atoms with E-state index >= 15 is 0 Å². The predicted octanol–water partition coefficient (Wildman–Crippen LogP) is 1.70. The van der Waals surface area contributed by atoms with Crippen molar-refractivity contribution in [3.63, 3.8) is 0 Å². The Kier molecular flexibility index (Phi) is 3.79. The molecule has 0 fully saturated rings. The number of nitrogens with one attached hydrogen (secondary N) is 1. The molecule has 1 aromatic carbocycles. The minimum absolute atomic E-state index is 0.265. The molecule has 0 saturated carbocycles. The summed E-state index contributed by atoms with van der Waals surface area (Å²) in [5.41, 5.74) is 0.966. The zero-order valence-electron chi connectivity index (χ0n) is 11.0. The summed E-state index contributed by atoms with van der Waals surface area (Å²) in [5, 5.41) is 15.1. The molecule has 7 heteroatoms. The van der Waals surface area contributed by atoms with Crippen molar-refractivity contribution in [1.82, 2.24) is 10.1 Å².